The van der Waals surface area contributed by atoms with Crippen LogP contribution in [-0.2, 0) is 0 Å². The van der Waals surface area contributed by atoms with E-state index in [9.17, 15) is 4.79 Å². The van der Waals surface area contributed by atoms with Gasteiger partial charge < -0.3 is 15.3 Å². The van der Waals surface area contributed by atoms with E-state index in [0.29, 0.717) is 13.1 Å². The van der Waals surface area contributed by atoms with Crippen molar-refractivity contribution >= 4 is 34.3 Å². The molecule has 0 saturated heterocycles. The highest BCUT2D eigenvalue weighted by atomic mass is 127. The molecule has 4 nitrogen and oxygen atoms in total. The van der Waals surface area contributed by atoms with Crippen LogP contribution in [0.4, 0.5) is 10.5 Å². The Labute approximate surface area is 115 Å². The summed E-state index contributed by atoms with van der Waals surface area (Å²) in [5.74, 6) is 0. The van der Waals surface area contributed by atoms with Crippen molar-refractivity contribution in [3.05, 3.63) is 27.8 Å². The Morgan fingerprint density at radius 1 is 1.35 bits per heavy atom. The second kappa shape index (κ2) is 7.50. The first kappa shape index (κ1) is 14.2. The van der Waals surface area contributed by atoms with Crippen LogP contribution in [0, 0.1) is 3.57 Å². The lowest BCUT2D eigenvalue weighted by molar-refractivity contribution is 0.188. The number of anilines is 1. The molecule has 5 heteroatoms. The van der Waals surface area contributed by atoms with Crippen LogP contribution in [0.1, 0.15) is 13.3 Å². The van der Waals surface area contributed by atoms with Crippen LogP contribution in [0.5, 0.6) is 0 Å². The van der Waals surface area contributed by atoms with E-state index in [4.69, 9.17) is 5.11 Å². The van der Waals surface area contributed by atoms with Gasteiger partial charge in [-0.2, -0.15) is 0 Å². The molecular weight excluding hydrogens is 331 g/mol. The van der Waals surface area contributed by atoms with Crippen molar-refractivity contribution < 1.29 is 9.90 Å². The fourth-order valence-corrected chi connectivity index (χ4v) is 1.80. The normalized spacial score (nSPS) is 10.1. The van der Waals surface area contributed by atoms with E-state index in [1.54, 1.807) is 4.90 Å². The number of halogens is 1. The van der Waals surface area contributed by atoms with Crippen LogP contribution in [0.25, 0.3) is 0 Å². The number of carbonyl (C=O) groups excluding carboxylic acids is 1. The first-order valence-corrected chi connectivity index (χ1v) is 6.67. The van der Waals surface area contributed by atoms with Crippen LogP contribution < -0.4 is 5.32 Å². The maximum absolute atomic E-state index is 11.9. The molecule has 0 aliphatic rings. The highest BCUT2D eigenvalue weighted by Crippen LogP contribution is 2.11. The lowest BCUT2D eigenvalue weighted by Crippen LogP contribution is -2.37. The van der Waals surface area contributed by atoms with Crippen LogP contribution in [0.2, 0.25) is 0 Å². The van der Waals surface area contributed by atoms with Gasteiger partial charge >= 0.3 is 6.03 Å². The summed E-state index contributed by atoms with van der Waals surface area (Å²) in [6, 6.07) is 7.44. The highest BCUT2D eigenvalue weighted by molar-refractivity contribution is 14.1. The lowest BCUT2D eigenvalue weighted by Gasteiger charge is -2.21. The minimum absolute atomic E-state index is 0.0138. The van der Waals surface area contributed by atoms with Crippen LogP contribution in [0.15, 0.2) is 24.3 Å². The van der Waals surface area contributed by atoms with Gasteiger partial charge in [0, 0.05) is 22.3 Å². The molecule has 0 aromatic heterocycles. The molecule has 1 aromatic rings. The number of nitrogens with one attached hydrogen (secondary N) is 1. The predicted octanol–water partition coefficient (Wildman–Crippen LogP) is 2.53. The zero-order valence-electron chi connectivity index (χ0n) is 9.82. The Balaban J connectivity index is 2.59. The topological polar surface area (TPSA) is 52.6 Å². The molecule has 0 fully saturated rings. The number of hydrogen-bond donors (Lipinski definition) is 2. The lowest BCUT2D eigenvalue weighted by atomic mass is 10.3. The number of carbonyl (C=O) groups is 1. The van der Waals surface area contributed by atoms with Gasteiger partial charge in [-0.25, -0.2) is 4.79 Å². The summed E-state index contributed by atoms with van der Waals surface area (Å²) < 4.78 is 1.13. The van der Waals surface area contributed by atoms with Crippen molar-refractivity contribution in [3.8, 4) is 0 Å². The van der Waals surface area contributed by atoms with Crippen LogP contribution in [-0.4, -0.2) is 35.7 Å². The Morgan fingerprint density at radius 3 is 2.53 bits per heavy atom. The number of rotatable bonds is 5. The van der Waals surface area contributed by atoms with Gasteiger partial charge in [-0.3, -0.25) is 0 Å². The summed E-state index contributed by atoms with van der Waals surface area (Å²) >= 11 is 2.21. The van der Waals surface area contributed by atoms with Gasteiger partial charge in [-0.1, -0.05) is 6.92 Å². The predicted molar refractivity (Wildman–Crippen MR) is 77.1 cm³/mol. The fourth-order valence-electron chi connectivity index (χ4n) is 1.44. The smallest absolute Gasteiger partial charge is 0.321 e. The van der Waals surface area contributed by atoms with E-state index in [-0.39, 0.29) is 12.6 Å². The molecule has 2 amide bonds. The molecule has 1 aromatic carbocycles. The molecule has 1 rings (SSSR count). The van der Waals surface area contributed by atoms with Crippen LogP contribution in [0.3, 0.4) is 0 Å². The third-order valence-electron chi connectivity index (χ3n) is 2.25. The molecule has 0 atom stereocenters. The van der Waals surface area contributed by atoms with E-state index in [1.165, 1.54) is 0 Å². The molecule has 0 saturated carbocycles. The number of aliphatic hydroxyl groups is 1. The first-order valence-electron chi connectivity index (χ1n) is 5.59. The van der Waals surface area contributed by atoms with Gasteiger partial charge in [0.2, 0.25) is 0 Å². The van der Waals surface area contributed by atoms with Crippen molar-refractivity contribution in [1.29, 1.82) is 0 Å². The molecule has 0 aliphatic heterocycles. The number of benzene rings is 1. The molecule has 0 unspecified atom stereocenters. The zero-order chi connectivity index (χ0) is 12.7. The van der Waals surface area contributed by atoms with Gasteiger partial charge in [0.25, 0.3) is 0 Å². The average Bonchev–Trinajstić information content (AvgIpc) is 2.32. The van der Waals surface area contributed by atoms with Gasteiger partial charge in [-0.05, 0) is 53.3 Å². The Morgan fingerprint density at radius 2 is 2.00 bits per heavy atom. The monoisotopic (exact) mass is 348 g/mol. The van der Waals surface area contributed by atoms with Gasteiger partial charge in [0.15, 0.2) is 0 Å². The average molecular weight is 348 g/mol. The molecule has 0 heterocycles. The Kier molecular flexibility index (Phi) is 6.28. The second-order valence-electron chi connectivity index (χ2n) is 3.65. The summed E-state index contributed by atoms with van der Waals surface area (Å²) in [7, 11) is 0. The molecule has 2 N–H and O–H groups in total. The Hall–Kier alpha value is -0.820. The molecule has 94 valence electrons. The standard InChI is InChI=1S/C12H17IN2O2/c1-2-7-15(8-9-16)12(17)14-11-5-3-10(13)4-6-11/h3-6,16H,2,7-9H2,1H3,(H,14,17). The van der Waals surface area contributed by atoms with Gasteiger partial charge in [0.1, 0.15) is 0 Å². The summed E-state index contributed by atoms with van der Waals surface area (Å²) in [6.07, 6.45) is 0.875. The van der Waals surface area contributed by atoms with Crippen LogP contribution >= 0.6 is 22.6 Å². The van der Waals surface area contributed by atoms with Gasteiger partial charge in [-0.15, -0.1) is 0 Å². The molecule has 0 bridgehead atoms. The van der Waals surface area contributed by atoms with Crippen molar-refractivity contribution in [3.63, 3.8) is 0 Å². The van der Waals surface area contributed by atoms with E-state index in [0.717, 1.165) is 15.7 Å². The van der Waals surface area contributed by atoms with Gasteiger partial charge in [0.05, 0.1) is 6.61 Å². The van der Waals surface area contributed by atoms with Crippen molar-refractivity contribution in [1.82, 2.24) is 4.90 Å². The minimum atomic E-state index is -0.165. The molecule has 0 aliphatic carbocycles. The molecule has 0 spiro atoms. The molecule has 17 heavy (non-hydrogen) atoms. The number of urea groups is 1. The number of aliphatic hydroxyl groups excluding tert-OH is 1. The largest absolute Gasteiger partial charge is 0.395 e. The third kappa shape index (κ3) is 4.91. The SMILES string of the molecule is CCCN(CCO)C(=O)Nc1ccc(I)cc1. The summed E-state index contributed by atoms with van der Waals surface area (Å²) in [5.41, 5.74) is 0.773. The maximum atomic E-state index is 11.9. The third-order valence-corrected chi connectivity index (χ3v) is 2.97. The highest BCUT2D eigenvalue weighted by Gasteiger charge is 2.11. The van der Waals surface area contributed by atoms with E-state index in [2.05, 4.69) is 27.9 Å². The fraction of sp³-hybridized carbons (Fsp3) is 0.417. The quantitative estimate of drug-likeness (QED) is 0.804. The molecular formula is C12H17IN2O2. The number of nitrogens with zero attached hydrogens (tertiary/aromatic N) is 1. The minimum Gasteiger partial charge on any atom is -0.395 e. The van der Waals surface area contributed by atoms with Crippen molar-refractivity contribution in [2.24, 2.45) is 0 Å². The number of hydrogen-bond acceptors (Lipinski definition) is 2. The summed E-state index contributed by atoms with van der Waals surface area (Å²) in [6.45, 7) is 3.00. The molecule has 0 radical (unpaired) electrons. The summed E-state index contributed by atoms with van der Waals surface area (Å²) in [4.78, 5) is 13.5. The summed E-state index contributed by atoms with van der Waals surface area (Å²) in [5, 5.41) is 11.7. The van der Waals surface area contributed by atoms with E-state index < -0.39 is 0 Å². The van der Waals surface area contributed by atoms with Crippen molar-refractivity contribution in [2.75, 3.05) is 25.0 Å². The zero-order valence-corrected chi connectivity index (χ0v) is 12.0. The van der Waals surface area contributed by atoms with E-state index >= 15 is 0 Å². The maximum Gasteiger partial charge on any atom is 0.321 e. The van der Waals surface area contributed by atoms with Crippen molar-refractivity contribution in [2.45, 2.75) is 13.3 Å². The van der Waals surface area contributed by atoms with E-state index in [1.807, 2.05) is 31.2 Å². The second-order valence-corrected chi connectivity index (χ2v) is 4.89. The Bertz CT molecular complexity index is 348. The number of amides is 2. The first-order chi connectivity index (χ1) is 8.17.